The van der Waals surface area contributed by atoms with Crippen molar-refractivity contribution in [2.45, 2.75) is 50.5 Å². The number of carbonyl (C=O) groups is 2. The Morgan fingerprint density at radius 3 is 2.62 bits per heavy atom. The SMILES string of the molecule is C[C@@H]1C(=O)O[C@H]2CC[N+]3(C)CC=C(COC(=O)[C@@](C)(O)[C@@]1(C)O)[C@H]23. The maximum absolute atomic E-state index is 12.6. The third-order valence-electron chi connectivity index (χ3n) is 6.32. The van der Waals surface area contributed by atoms with Crippen LogP contribution in [0.2, 0.25) is 0 Å². The van der Waals surface area contributed by atoms with E-state index >= 15 is 0 Å². The predicted octanol–water partition coefficient (Wildman–Crippen LogP) is -0.248. The van der Waals surface area contributed by atoms with Gasteiger partial charge in [-0.05, 0) is 26.8 Å². The van der Waals surface area contributed by atoms with E-state index in [0.717, 1.165) is 29.6 Å². The average Bonchev–Trinajstić information content (AvgIpc) is 2.99. The highest BCUT2D eigenvalue weighted by molar-refractivity contribution is 5.83. The van der Waals surface area contributed by atoms with Gasteiger partial charge in [0.1, 0.15) is 12.2 Å². The summed E-state index contributed by atoms with van der Waals surface area (Å²) in [5, 5.41) is 21.2. The molecule has 0 saturated carbocycles. The van der Waals surface area contributed by atoms with E-state index in [1.807, 2.05) is 6.08 Å². The van der Waals surface area contributed by atoms with E-state index in [0.29, 0.717) is 0 Å². The minimum Gasteiger partial charge on any atom is -0.459 e. The number of carbonyl (C=O) groups excluding carboxylic acids is 2. The molecule has 0 aromatic carbocycles. The molecule has 6 atom stereocenters. The summed E-state index contributed by atoms with van der Waals surface area (Å²) >= 11 is 0. The van der Waals surface area contributed by atoms with Crippen LogP contribution in [0.3, 0.4) is 0 Å². The summed E-state index contributed by atoms with van der Waals surface area (Å²) in [5.41, 5.74) is -3.32. The smallest absolute Gasteiger partial charge is 0.341 e. The Labute approximate surface area is 141 Å². The van der Waals surface area contributed by atoms with Crippen LogP contribution in [-0.2, 0) is 19.1 Å². The molecule has 2 saturated heterocycles. The zero-order chi connectivity index (χ0) is 17.9. The third-order valence-corrected chi connectivity index (χ3v) is 6.32. The molecule has 7 heteroatoms. The van der Waals surface area contributed by atoms with Gasteiger partial charge in [-0.3, -0.25) is 4.79 Å². The summed E-state index contributed by atoms with van der Waals surface area (Å²) in [5.74, 6) is -2.63. The molecule has 1 unspecified atom stereocenters. The number of rotatable bonds is 0. The number of likely N-dealkylation sites (N-methyl/N-ethyl adjacent to an activating group) is 1. The van der Waals surface area contributed by atoms with Crippen molar-refractivity contribution in [3.63, 3.8) is 0 Å². The summed E-state index contributed by atoms with van der Waals surface area (Å²) in [6.07, 6.45) is 2.44. The fourth-order valence-corrected chi connectivity index (χ4v) is 4.08. The van der Waals surface area contributed by atoms with Gasteiger partial charge in [-0.15, -0.1) is 0 Å². The molecule has 2 fully saturated rings. The number of aliphatic hydroxyl groups is 2. The predicted molar refractivity (Wildman–Crippen MR) is 83.7 cm³/mol. The zero-order valence-corrected chi connectivity index (χ0v) is 14.6. The van der Waals surface area contributed by atoms with Crippen LogP contribution in [0.25, 0.3) is 0 Å². The lowest BCUT2D eigenvalue weighted by molar-refractivity contribution is -0.906. The largest absolute Gasteiger partial charge is 0.459 e. The molecule has 3 rings (SSSR count). The van der Waals surface area contributed by atoms with Crippen molar-refractivity contribution in [1.29, 1.82) is 0 Å². The van der Waals surface area contributed by atoms with Crippen molar-refractivity contribution >= 4 is 11.9 Å². The molecule has 3 heterocycles. The molecular formula is C17H26NO6+. The molecule has 0 radical (unpaired) electrons. The van der Waals surface area contributed by atoms with Gasteiger partial charge in [-0.25, -0.2) is 4.79 Å². The van der Waals surface area contributed by atoms with Gasteiger partial charge in [-0.1, -0.05) is 0 Å². The fourth-order valence-electron chi connectivity index (χ4n) is 4.08. The summed E-state index contributed by atoms with van der Waals surface area (Å²) in [6.45, 7) is 5.59. The first kappa shape index (κ1) is 17.4. The summed E-state index contributed by atoms with van der Waals surface area (Å²) in [6, 6.07) is -0.0399. The van der Waals surface area contributed by atoms with Gasteiger partial charge in [0.25, 0.3) is 0 Å². The van der Waals surface area contributed by atoms with Gasteiger partial charge in [0.2, 0.25) is 0 Å². The number of cyclic esters (lactones) is 1. The molecule has 3 aliphatic rings. The Balaban J connectivity index is 1.99. The molecule has 2 N–H and O–H groups in total. The molecule has 0 spiro atoms. The number of esters is 2. The molecule has 0 amide bonds. The van der Waals surface area contributed by atoms with E-state index in [-0.39, 0.29) is 18.8 Å². The summed E-state index contributed by atoms with van der Waals surface area (Å²) < 4.78 is 11.7. The van der Waals surface area contributed by atoms with Crippen molar-refractivity contribution in [2.75, 3.05) is 26.7 Å². The lowest BCUT2D eigenvalue weighted by atomic mass is 9.76. The Bertz CT molecular complexity index is 610. The lowest BCUT2D eigenvalue weighted by Gasteiger charge is -2.39. The van der Waals surface area contributed by atoms with Crippen molar-refractivity contribution in [1.82, 2.24) is 0 Å². The number of hydrogen-bond acceptors (Lipinski definition) is 6. The van der Waals surface area contributed by atoms with Gasteiger partial charge in [0.15, 0.2) is 17.7 Å². The van der Waals surface area contributed by atoms with Gasteiger partial charge in [0, 0.05) is 12.0 Å². The third kappa shape index (κ3) is 2.29. The van der Waals surface area contributed by atoms with E-state index in [2.05, 4.69) is 7.05 Å². The van der Waals surface area contributed by atoms with Crippen LogP contribution in [0.5, 0.6) is 0 Å². The first-order valence-electron chi connectivity index (χ1n) is 8.36. The van der Waals surface area contributed by atoms with Crippen molar-refractivity contribution in [3.05, 3.63) is 11.6 Å². The van der Waals surface area contributed by atoms with Gasteiger partial charge in [-0.2, -0.15) is 0 Å². The Morgan fingerprint density at radius 1 is 1.29 bits per heavy atom. The van der Waals surface area contributed by atoms with Crippen LogP contribution < -0.4 is 0 Å². The molecule has 0 aromatic rings. The highest BCUT2D eigenvalue weighted by Crippen LogP contribution is 2.39. The zero-order valence-electron chi connectivity index (χ0n) is 14.6. The molecule has 0 aromatic heterocycles. The first-order valence-corrected chi connectivity index (χ1v) is 8.36. The molecule has 3 aliphatic heterocycles. The minimum absolute atomic E-state index is 0.0337. The topological polar surface area (TPSA) is 93.1 Å². The first-order chi connectivity index (χ1) is 11.0. The summed E-state index contributed by atoms with van der Waals surface area (Å²) in [4.78, 5) is 24.9. The van der Waals surface area contributed by atoms with Gasteiger partial charge < -0.3 is 24.2 Å². The van der Waals surface area contributed by atoms with Crippen molar-refractivity contribution in [2.24, 2.45) is 5.92 Å². The minimum atomic E-state index is -2.22. The van der Waals surface area contributed by atoms with Crippen LogP contribution in [0.4, 0.5) is 0 Å². The van der Waals surface area contributed by atoms with E-state index in [1.165, 1.54) is 20.8 Å². The Kier molecular flexibility index (Phi) is 3.82. The second-order valence-corrected chi connectivity index (χ2v) is 7.89. The van der Waals surface area contributed by atoms with Crippen LogP contribution in [0.1, 0.15) is 27.2 Å². The maximum Gasteiger partial charge on any atom is 0.341 e. The quantitative estimate of drug-likeness (QED) is 0.359. The number of quaternary nitrogens is 1. The van der Waals surface area contributed by atoms with Crippen molar-refractivity contribution in [3.8, 4) is 0 Å². The van der Waals surface area contributed by atoms with Crippen LogP contribution in [0, 0.1) is 5.92 Å². The van der Waals surface area contributed by atoms with E-state index < -0.39 is 29.1 Å². The van der Waals surface area contributed by atoms with Crippen LogP contribution >= 0.6 is 0 Å². The highest BCUT2D eigenvalue weighted by Gasteiger charge is 2.58. The second-order valence-electron chi connectivity index (χ2n) is 7.89. The maximum atomic E-state index is 12.6. The second kappa shape index (κ2) is 5.28. The molecule has 24 heavy (non-hydrogen) atoms. The van der Waals surface area contributed by atoms with E-state index in [4.69, 9.17) is 9.47 Å². The number of hydrogen-bond donors (Lipinski definition) is 2. The van der Waals surface area contributed by atoms with E-state index in [9.17, 15) is 19.8 Å². The van der Waals surface area contributed by atoms with Crippen LogP contribution in [-0.4, -0.2) is 76.7 Å². The van der Waals surface area contributed by atoms with Gasteiger partial charge >= 0.3 is 11.9 Å². The molecular weight excluding hydrogens is 314 g/mol. The number of ether oxygens (including phenoxy) is 2. The fraction of sp³-hybridized carbons (Fsp3) is 0.765. The van der Waals surface area contributed by atoms with Crippen LogP contribution in [0.15, 0.2) is 11.6 Å². The summed E-state index contributed by atoms with van der Waals surface area (Å²) in [7, 11) is 2.10. The Morgan fingerprint density at radius 2 is 1.96 bits per heavy atom. The van der Waals surface area contributed by atoms with Crippen molar-refractivity contribution < 1.29 is 33.8 Å². The molecule has 7 nitrogen and oxygen atoms in total. The highest BCUT2D eigenvalue weighted by atomic mass is 16.6. The molecule has 0 aliphatic carbocycles. The standard InChI is InChI=1S/C17H26NO6/c1-10-14(19)24-12-6-8-18(4)7-5-11(13(12)18)9-23-15(20)17(3,22)16(10,2)21/h5,10,12-13,21-22H,6-9H2,1-4H3/q+1/t10-,12+,13-,16+,17-,18?/m1/s1. The average molecular weight is 340 g/mol. The lowest BCUT2D eigenvalue weighted by Crippen LogP contribution is -2.61. The monoisotopic (exact) mass is 340 g/mol. The molecule has 0 bridgehead atoms. The van der Waals surface area contributed by atoms with E-state index in [1.54, 1.807) is 0 Å². The Hall–Kier alpha value is -1.44. The van der Waals surface area contributed by atoms with Gasteiger partial charge in [0.05, 0.1) is 26.1 Å². The number of nitrogens with zero attached hydrogens (tertiary/aromatic N) is 1. The normalized spacial score (nSPS) is 48.9. The molecule has 134 valence electrons.